The van der Waals surface area contributed by atoms with Gasteiger partial charge in [-0.3, -0.25) is 9.69 Å². The lowest BCUT2D eigenvalue weighted by Crippen LogP contribution is -2.47. The molecule has 3 heterocycles. The van der Waals surface area contributed by atoms with Crippen molar-refractivity contribution in [2.75, 3.05) is 31.1 Å². The number of hydrogen-bond donors (Lipinski definition) is 0. The quantitative estimate of drug-likeness (QED) is 0.698. The molecule has 0 bridgehead atoms. The van der Waals surface area contributed by atoms with Crippen molar-refractivity contribution in [2.24, 2.45) is 0 Å². The second-order valence-electron chi connectivity index (χ2n) is 5.93. The van der Waals surface area contributed by atoms with Gasteiger partial charge in [-0.25, -0.2) is 14.8 Å². The minimum Gasteiger partial charge on any atom is -0.341 e. The highest BCUT2D eigenvalue weighted by Gasteiger charge is 2.45. The van der Waals surface area contributed by atoms with Crippen molar-refractivity contribution in [3.05, 3.63) is 16.9 Å². The number of rotatable bonds is 3. The summed E-state index contributed by atoms with van der Waals surface area (Å²) in [6, 6.07) is -1.12. The molecule has 0 radical (unpaired) electrons. The minimum atomic E-state index is -4.59. The average molecular weight is 422 g/mol. The molecule has 11 heteroatoms. The fraction of sp³-hybridized carbons (Fsp3) is 0.571. The van der Waals surface area contributed by atoms with E-state index < -0.39 is 24.7 Å². The van der Waals surface area contributed by atoms with Crippen LogP contribution in [0.25, 0.3) is 0 Å². The van der Waals surface area contributed by atoms with Crippen LogP contribution in [0.1, 0.15) is 12.8 Å². The maximum Gasteiger partial charge on any atom is 0.406 e. The van der Waals surface area contributed by atoms with Crippen LogP contribution in [0.2, 0.25) is 0 Å². The lowest BCUT2D eigenvalue weighted by Gasteiger charge is -2.36. The van der Waals surface area contributed by atoms with Gasteiger partial charge < -0.3 is 9.80 Å². The highest BCUT2D eigenvalue weighted by Crippen LogP contribution is 2.26. The lowest BCUT2D eigenvalue weighted by molar-refractivity contribution is -0.151. The number of imide groups is 1. The average Bonchev–Trinajstić information content (AvgIpc) is 2.83. The van der Waals surface area contributed by atoms with Crippen molar-refractivity contribution in [3.63, 3.8) is 0 Å². The molecule has 0 N–H and O–H groups in total. The van der Waals surface area contributed by atoms with Crippen LogP contribution in [-0.2, 0) is 4.79 Å². The fourth-order valence-corrected chi connectivity index (χ4v) is 3.23. The Bertz CT molecular complexity index is 661. The molecule has 2 fully saturated rings. The van der Waals surface area contributed by atoms with Crippen LogP contribution >= 0.6 is 15.9 Å². The predicted octanol–water partition coefficient (Wildman–Crippen LogP) is 2.03. The number of piperidine rings is 1. The summed E-state index contributed by atoms with van der Waals surface area (Å²) in [5.41, 5.74) is 0. The number of alkyl halides is 3. The van der Waals surface area contributed by atoms with Crippen LogP contribution in [0.15, 0.2) is 16.9 Å². The van der Waals surface area contributed by atoms with E-state index in [1.807, 2.05) is 4.90 Å². The Kier molecular flexibility index (Phi) is 4.85. The molecule has 1 aromatic heterocycles. The molecule has 2 aliphatic rings. The third kappa shape index (κ3) is 4.02. The molecular weight excluding hydrogens is 407 g/mol. The van der Waals surface area contributed by atoms with Gasteiger partial charge in [0.15, 0.2) is 0 Å². The molecule has 7 nitrogen and oxygen atoms in total. The molecule has 25 heavy (non-hydrogen) atoms. The van der Waals surface area contributed by atoms with Crippen molar-refractivity contribution in [1.82, 2.24) is 19.8 Å². The Balaban J connectivity index is 1.60. The number of aromatic nitrogens is 2. The number of halogens is 4. The maximum atomic E-state index is 12.5. The molecule has 0 spiro atoms. The summed E-state index contributed by atoms with van der Waals surface area (Å²) in [4.78, 5) is 35.8. The van der Waals surface area contributed by atoms with E-state index in [1.54, 1.807) is 12.4 Å². The number of nitrogens with zero attached hydrogens (tertiary/aromatic N) is 5. The van der Waals surface area contributed by atoms with Gasteiger partial charge >= 0.3 is 12.2 Å². The maximum absolute atomic E-state index is 12.5. The van der Waals surface area contributed by atoms with E-state index in [1.165, 1.54) is 4.90 Å². The number of amides is 3. The molecule has 3 amide bonds. The van der Waals surface area contributed by atoms with E-state index in [4.69, 9.17) is 0 Å². The normalized spacial score (nSPS) is 19.9. The SMILES string of the molecule is O=C1CN(C2CCN(c3ncc(Br)cn3)CC2)C(=O)N1CC(F)(F)F. The van der Waals surface area contributed by atoms with E-state index in [0.717, 1.165) is 4.47 Å². The summed E-state index contributed by atoms with van der Waals surface area (Å²) >= 11 is 3.26. The molecule has 0 aliphatic carbocycles. The second kappa shape index (κ2) is 6.77. The van der Waals surface area contributed by atoms with E-state index in [-0.39, 0.29) is 17.5 Å². The van der Waals surface area contributed by atoms with E-state index in [9.17, 15) is 22.8 Å². The van der Waals surface area contributed by atoms with Gasteiger partial charge in [0.1, 0.15) is 13.1 Å². The van der Waals surface area contributed by atoms with Gasteiger partial charge in [0.05, 0.1) is 4.47 Å². The Labute approximate surface area is 149 Å². The Morgan fingerprint density at radius 1 is 1.16 bits per heavy atom. The summed E-state index contributed by atoms with van der Waals surface area (Å²) in [5, 5.41) is 0. The van der Waals surface area contributed by atoms with Gasteiger partial charge in [-0.1, -0.05) is 0 Å². The molecule has 3 rings (SSSR count). The Morgan fingerprint density at radius 2 is 1.76 bits per heavy atom. The summed E-state index contributed by atoms with van der Waals surface area (Å²) in [6.07, 6.45) is -0.252. The standard InChI is InChI=1S/C14H15BrF3N5O2/c15-9-5-19-12(20-6-9)21-3-1-10(2-4-21)22-7-11(24)23(13(22)25)8-14(16,17)18/h5-6,10H,1-4,7-8H2. The molecule has 0 unspecified atom stereocenters. The number of carbonyl (C=O) groups is 2. The monoisotopic (exact) mass is 421 g/mol. The molecule has 2 saturated heterocycles. The topological polar surface area (TPSA) is 69.6 Å². The van der Waals surface area contributed by atoms with Crippen molar-refractivity contribution >= 4 is 33.8 Å². The highest BCUT2D eigenvalue weighted by molar-refractivity contribution is 9.10. The predicted molar refractivity (Wildman–Crippen MR) is 84.8 cm³/mol. The molecule has 0 aromatic carbocycles. The molecular formula is C14H15BrF3N5O2. The summed E-state index contributed by atoms with van der Waals surface area (Å²) in [6.45, 7) is -0.714. The van der Waals surface area contributed by atoms with Gasteiger partial charge in [0.25, 0.3) is 5.91 Å². The Morgan fingerprint density at radius 3 is 2.32 bits per heavy atom. The second-order valence-corrected chi connectivity index (χ2v) is 6.84. The lowest BCUT2D eigenvalue weighted by atomic mass is 10.0. The number of urea groups is 1. The van der Waals surface area contributed by atoms with Crippen LogP contribution in [0.5, 0.6) is 0 Å². The largest absolute Gasteiger partial charge is 0.406 e. The third-order valence-corrected chi connectivity index (χ3v) is 4.62. The number of anilines is 1. The van der Waals surface area contributed by atoms with Gasteiger partial charge in [-0.2, -0.15) is 13.2 Å². The van der Waals surface area contributed by atoms with Crippen molar-refractivity contribution in [3.8, 4) is 0 Å². The van der Waals surface area contributed by atoms with Gasteiger partial charge in [0, 0.05) is 31.5 Å². The van der Waals surface area contributed by atoms with Gasteiger partial charge in [0.2, 0.25) is 5.95 Å². The highest BCUT2D eigenvalue weighted by atomic mass is 79.9. The van der Waals surface area contributed by atoms with Crippen LogP contribution in [0.4, 0.5) is 23.9 Å². The van der Waals surface area contributed by atoms with Crippen molar-refractivity contribution in [2.45, 2.75) is 25.1 Å². The summed E-state index contributed by atoms with van der Waals surface area (Å²) < 4.78 is 38.3. The van der Waals surface area contributed by atoms with Crippen LogP contribution < -0.4 is 4.90 Å². The molecule has 2 aliphatic heterocycles. The van der Waals surface area contributed by atoms with Crippen LogP contribution in [-0.4, -0.2) is 70.1 Å². The fourth-order valence-electron chi connectivity index (χ4n) is 3.03. The molecule has 136 valence electrons. The number of hydrogen-bond acceptors (Lipinski definition) is 5. The van der Waals surface area contributed by atoms with Crippen molar-refractivity contribution in [1.29, 1.82) is 0 Å². The Hall–Kier alpha value is -1.91. The first-order chi connectivity index (χ1) is 11.7. The summed E-state index contributed by atoms with van der Waals surface area (Å²) in [5.74, 6) is -0.245. The van der Waals surface area contributed by atoms with Crippen molar-refractivity contribution < 1.29 is 22.8 Å². The van der Waals surface area contributed by atoms with Gasteiger partial charge in [-0.15, -0.1) is 0 Å². The van der Waals surface area contributed by atoms with E-state index in [2.05, 4.69) is 25.9 Å². The molecule has 0 atom stereocenters. The molecule has 0 saturated carbocycles. The zero-order valence-corrected chi connectivity index (χ0v) is 14.6. The first-order valence-electron chi connectivity index (χ1n) is 7.65. The first kappa shape index (κ1) is 17.9. The van der Waals surface area contributed by atoms with E-state index >= 15 is 0 Å². The van der Waals surface area contributed by atoms with Crippen LogP contribution in [0, 0.1) is 0 Å². The summed E-state index contributed by atoms with van der Waals surface area (Å²) in [7, 11) is 0. The molecule has 1 aromatic rings. The number of carbonyl (C=O) groups excluding carboxylic acids is 2. The van der Waals surface area contributed by atoms with E-state index in [0.29, 0.717) is 31.9 Å². The minimum absolute atomic E-state index is 0.263. The third-order valence-electron chi connectivity index (χ3n) is 4.22. The van der Waals surface area contributed by atoms with Gasteiger partial charge in [-0.05, 0) is 28.8 Å². The van der Waals surface area contributed by atoms with Crippen LogP contribution in [0.3, 0.4) is 0 Å². The zero-order chi connectivity index (χ0) is 18.2. The first-order valence-corrected chi connectivity index (χ1v) is 8.44. The smallest absolute Gasteiger partial charge is 0.341 e. The zero-order valence-electron chi connectivity index (χ0n) is 13.0.